The second-order valence-electron chi connectivity index (χ2n) is 7.08. The molecular formula is C20H23N7O2. The van der Waals surface area contributed by atoms with Crippen molar-refractivity contribution in [2.45, 2.75) is 20.3 Å². The predicted octanol–water partition coefficient (Wildman–Crippen LogP) is 1.13. The first-order chi connectivity index (χ1) is 14.0. The molecule has 1 saturated heterocycles. The summed E-state index contributed by atoms with van der Waals surface area (Å²) in [6.07, 6.45) is 1.62. The van der Waals surface area contributed by atoms with Crippen LogP contribution in [-0.2, 0) is 11.2 Å². The summed E-state index contributed by atoms with van der Waals surface area (Å²) in [7, 11) is 0. The van der Waals surface area contributed by atoms with Crippen LogP contribution in [0.25, 0.3) is 5.69 Å². The van der Waals surface area contributed by atoms with E-state index < -0.39 is 0 Å². The lowest BCUT2D eigenvalue weighted by atomic mass is 10.1. The standard InChI is InChI=1S/C20H23N7O2/c1-14-17(15(2)27(24-14)16-6-4-3-5-7-16)12-18(28)25-8-10-26(11-9-25)20(29)19-21-13-22-23-19/h3-7,13H,8-12H2,1-2H3,(H,21,22,23). The second kappa shape index (κ2) is 7.86. The van der Waals surface area contributed by atoms with Crippen LogP contribution in [0.4, 0.5) is 0 Å². The van der Waals surface area contributed by atoms with Crippen LogP contribution >= 0.6 is 0 Å². The zero-order valence-electron chi connectivity index (χ0n) is 16.5. The second-order valence-corrected chi connectivity index (χ2v) is 7.08. The van der Waals surface area contributed by atoms with Gasteiger partial charge in [-0.05, 0) is 26.0 Å². The molecule has 0 spiro atoms. The highest BCUT2D eigenvalue weighted by Gasteiger charge is 2.27. The summed E-state index contributed by atoms with van der Waals surface area (Å²) in [5.41, 5.74) is 3.77. The Morgan fingerprint density at radius 2 is 1.72 bits per heavy atom. The Kier molecular flexibility index (Phi) is 5.11. The highest BCUT2D eigenvalue weighted by Crippen LogP contribution is 2.19. The molecule has 1 aliphatic heterocycles. The number of nitrogens with one attached hydrogen (secondary N) is 1. The Labute approximate surface area is 168 Å². The van der Waals surface area contributed by atoms with Crippen LogP contribution < -0.4 is 0 Å². The average molecular weight is 393 g/mol. The van der Waals surface area contributed by atoms with Gasteiger partial charge < -0.3 is 9.80 Å². The van der Waals surface area contributed by atoms with Crippen molar-refractivity contribution in [1.29, 1.82) is 0 Å². The normalized spacial score (nSPS) is 14.3. The van der Waals surface area contributed by atoms with Crippen LogP contribution in [0.5, 0.6) is 0 Å². The molecule has 0 bridgehead atoms. The fraction of sp³-hybridized carbons (Fsp3) is 0.350. The highest BCUT2D eigenvalue weighted by atomic mass is 16.2. The number of carbonyl (C=O) groups is 2. The summed E-state index contributed by atoms with van der Waals surface area (Å²) in [5.74, 6) is 0.0883. The SMILES string of the molecule is Cc1nn(-c2ccccc2)c(C)c1CC(=O)N1CCN(C(=O)c2ncn[nH]2)CC1. The van der Waals surface area contributed by atoms with E-state index >= 15 is 0 Å². The third kappa shape index (κ3) is 3.75. The minimum Gasteiger partial charge on any atom is -0.339 e. The molecule has 3 heterocycles. The maximum Gasteiger partial charge on any atom is 0.291 e. The number of nitrogens with zero attached hydrogens (tertiary/aromatic N) is 6. The van der Waals surface area contributed by atoms with Crippen molar-refractivity contribution < 1.29 is 9.59 Å². The predicted molar refractivity (Wildman–Crippen MR) is 106 cm³/mol. The van der Waals surface area contributed by atoms with Gasteiger partial charge in [-0.2, -0.15) is 10.2 Å². The third-order valence-corrected chi connectivity index (χ3v) is 5.31. The third-order valence-electron chi connectivity index (χ3n) is 5.31. The van der Waals surface area contributed by atoms with E-state index in [1.807, 2.05) is 53.8 Å². The summed E-state index contributed by atoms with van der Waals surface area (Å²) >= 11 is 0. The molecule has 9 heteroatoms. The molecule has 29 heavy (non-hydrogen) atoms. The van der Waals surface area contributed by atoms with E-state index in [0.717, 1.165) is 22.6 Å². The Morgan fingerprint density at radius 3 is 2.38 bits per heavy atom. The van der Waals surface area contributed by atoms with Crippen molar-refractivity contribution in [2.75, 3.05) is 26.2 Å². The average Bonchev–Trinajstić information content (AvgIpc) is 3.38. The van der Waals surface area contributed by atoms with Crippen molar-refractivity contribution in [3.63, 3.8) is 0 Å². The number of benzene rings is 1. The van der Waals surface area contributed by atoms with Crippen molar-refractivity contribution in [2.24, 2.45) is 0 Å². The Bertz CT molecular complexity index is 1000. The molecule has 4 rings (SSSR count). The minimum atomic E-state index is -0.189. The zero-order chi connectivity index (χ0) is 20.4. The van der Waals surface area contributed by atoms with Gasteiger partial charge >= 0.3 is 0 Å². The van der Waals surface area contributed by atoms with Crippen molar-refractivity contribution in [3.8, 4) is 5.69 Å². The first kappa shape index (κ1) is 18.9. The number of hydrogen-bond acceptors (Lipinski definition) is 5. The molecule has 2 amide bonds. The molecule has 1 aromatic carbocycles. The van der Waals surface area contributed by atoms with Crippen molar-refractivity contribution in [1.82, 2.24) is 34.8 Å². The number of aryl methyl sites for hydroxylation is 1. The van der Waals surface area contributed by atoms with E-state index in [1.165, 1.54) is 6.33 Å². The molecule has 0 aliphatic carbocycles. The van der Waals surface area contributed by atoms with E-state index in [-0.39, 0.29) is 17.6 Å². The molecule has 0 unspecified atom stereocenters. The summed E-state index contributed by atoms with van der Waals surface area (Å²) < 4.78 is 1.88. The van der Waals surface area contributed by atoms with Crippen LogP contribution in [0.15, 0.2) is 36.7 Å². The lowest BCUT2D eigenvalue weighted by Gasteiger charge is -2.34. The number of piperazine rings is 1. The molecule has 0 radical (unpaired) electrons. The van der Waals surface area contributed by atoms with Crippen LogP contribution in [0.2, 0.25) is 0 Å². The lowest BCUT2D eigenvalue weighted by molar-refractivity contribution is -0.131. The summed E-state index contributed by atoms with van der Waals surface area (Å²) in [6, 6.07) is 9.89. The van der Waals surface area contributed by atoms with Gasteiger partial charge in [0.15, 0.2) is 0 Å². The van der Waals surface area contributed by atoms with Gasteiger partial charge in [0.05, 0.1) is 17.8 Å². The van der Waals surface area contributed by atoms with Crippen molar-refractivity contribution in [3.05, 3.63) is 59.4 Å². The van der Waals surface area contributed by atoms with Crippen LogP contribution in [0.1, 0.15) is 27.6 Å². The zero-order valence-corrected chi connectivity index (χ0v) is 16.5. The minimum absolute atomic E-state index is 0.0515. The molecular weight excluding hydrogens is 370 g/mol. The molecule has 2 aromatic heterocycles. The Balaban J connectivity index is 1.41. The fourth-order valence-corrected chi connectivity index (χ4v) is 3.63. The fourth-order valence-electron chi connectivity index (χ4n) is 3.63. The first-order valence-electron chi connectivity index (χ1n) is 9.57. The number of rotatable bonds is 4. The maximum absolute atomic E-state index is 12.9. The van der Waals surface area contributed by atoms with Crippen LogP contribution in [0, 0.1) is 13.8 Å². The Morgan fingerprint density at radius 1 is 1.03 bits per heavy atom. The van der Waals surface area contributed by atoms with Gasteiger partial charge in [0.25, 0.3) is 5.91 Å². The van der Waals surface area contributed by atoms with Gasteiger partial charge in [-0.25, -0.2) is 9.67 Å². The van der Waals surface area contributed by atoms with Gasteiger partial charge in [0.2, 0.25) is 11.7 Å². The molecule has 1 fully saturated rings. The number of aromatic amines is 1. The van der Waals surface area contributed by atoms with Crippen molar-refractivity contribution >= 4 is 11.8 Å². The molecule has 3 aromatic rings. The van der Waals surface area contributed by atoms with Crippen LogP contribution in [-0.4, -0.2) is 72.8 Å². The summed E-state index contributed by atoms with van der Waals surface area (Å²) in [4.78, 5) is 32.6. The van der Waals surface area contributed by atoms with E-state index in [1.54, 1.807) is 4.90 Å². The van der Waals surface area contributed by atoms with E-state index in [4.69, 9.17) is 0 Å². The Hall–Kier alpha value is -3.49. The van der Waals surface area contributed by atoms with E-state index in [2.05, 4.69) is 20.3 Å². The first-order valence-corrected chi connectivity index (χ1v) is 9.57. The highest BCUT2D eigenvalue weighted by molar-refractivity contribution is 5.90. The number of para-hydroxylation sites is 1. The summed E-state index contributed by atoms with van der Waals surface area (Å²) in [5, 5.41) is 10.9. The maximum atomic E-state index is 12.9. The number of carbonyl (C=O) groups excluding carboxylic acids is 2. The molecule has 150 valence electrons. The lowest BCUT2D eigenvalue weighted by Crippen LogP contribution is -2.51. The quantitative estimate of drug-likeness (QED) is 0.716. The number of aromatic nitrogens is 5. The largest absolute Gasteiger partial charge is 0.339 e. The summed E-state index contributed by atoms with van der Waals surface area (Å²) in [6.45, 7) is 5.89. The molecule has 0 atom stereocenters. The number of amides is 2. The van der Waals surface area contributed by atoms with Gasteiger partial charge in [-0.3, -0.25) is 14.7 Å². The number of hydrogen-bond donors (Lipinski definition) is 1. The van der Waals surface area contributed by atoms with Gasteiger partial charge in [-0.15, -0.1) is 0 Å². The van der Waals surface area contributed by atoms with E-state index in [9.17, 15) is 9.59 Å². The number of H-pyrrole nitrogens is 1. The molecule has 1 aliphatic rings. The molecule has 1 N–H and O–H groups in total. The van der Waals surface area contributed by atoms with Crippen LogP contribution in [0.3, 0.4) is 0 Å². The smallest absolute Gasteiger partial charge is 0.291 e. The van der Waals surface area contributed by atoms with Gasteiger partial charge in [0.1, 0.15) is 6.33 Å². The van der Waals surface area contributed by atoms with Gasteiger partial charge in [0, 0.05) is 37.4 Å². The molecule has 9 nitrogen and oxygen atoms in total. The molecule has 0 saturated carbocycles. The van der Waals surface area contributed by atoms with E-state index in [0.29, 0.717) is 32.6 Å². The monoisotopic (exact) mass is 393 g/mol. The van der Waals surface area contributed by atoms with Gasteiger partial charge in [-0.1, -0.05) is 18.2 Å². The topological polar surface area (TPSA) is 100 Å².